The van der Waals surface area contributed by atoms with Gasteiger partial charge >= 0.3 is 0 Å². The molecule has 1 fully saturated rings. The number of benzene rings is 2. The van der Waals surface area contributed by atoms with Crippen molar-refractivity contribution in [3.05, 3.63) is 58.7 Å². The molecule has 164 valence electrons. The largest absolute Gasteiger partial charge is 0.379 e. The second-order valence-corrected chi connectivity index (χ2v) is 9.24. The van der Waals surface area contributed by atoms with Crippen LogP contribution in [0.2, 0.25) is 0 Å². The highest BCUT2D eigenvalue weighted by Gasteiger charge is 2.23. The lowest BCUT2D eigenvalue weighted by atomic mass is 10.0. The number of hydrogen-bond donors (Lipinski definition) is 0. The lowest BCUT2D eigenvalue weighted by molar-refractivity contribution is 0.0376. The van der Waals surface area contributed by atoms with E-state index in [4.69, 9.17) is 9.72 Å². The second-order valence-electron chi connectivity index (χ2n) is 8.23. The first-order valence-electron chi connectivity index (χ1n) is 11.1. The third kappa shape index (κ3) is 5.14. The predicted octanol–water partition coefficient (Wildman–Crippen LogP) is 4.84. The fourth-order valence-corrected chi connectivity index (χ4v) is 5.02. The number of aryl methyl sites for hydroxylation is 3. The summed E-state index contributed by atoms with van der Waals surface area (Å²) in [6.45, 7) is 11.3. The van der Waals surface area contributed by atoms with Gasteiger partial charge in [0.25, 0.3) is 5.91 Å². The summed E-state index contributed by atoms with van der Waals surface area (Å²) in [5.41, 5.74) is 5.12. The van der Waals surface area contributed by atoms with E-state index in [-0.39, 0.29) is 5.91 Å². The normalized spacial score (nSPS) is 14.8. The van der Waals surface area contributed by atoms with Crippen molar-refractivity contribution in [1.29, 1.82) is 0 Å². The van der Waals surface area contributed by atoms with Crippen LogP contribution in [0.3, 0.4) is 0 Å². The molecule has 6 heteroatoms. The first-order valence-corrected chi connectivity index (χ1v) is 12.0. The molecular weight excluding hydrogens is 406 g/mol. The molecule has 2 heterocycles. The molecule has 0 radical (unpaired) electrons. The van der Waals surface area contributed by atoms with Gasteiger partial charge in [-0.1, -0.05) is 42.0 Å². The SMILES string of the molecule is CCc1ccc2nc(N(CCCN3CCOCC3)C(=O)c3cc(C)ccc3C)sc2c1. The Morgan fingerprint density at radius 3 is 2.74 bits per heavy atom. The van der Waals surface area contributed by atoms with Gasteiger partial charge in [-0.05, 0) is 56.0 Å². The first kappa shape index (κ1) is 21.9. The van der Waals surface area contributed by atoms with Crippen LogP contribution < -0.4 is 4.90 Å². The Balaban J connectivity index is 1.61. The maximum Gasteiger partial charge on any atom is 0.260 e. The quantitative estimate of drug-likeness (QED) is 0.530. The average Bonchev–Trinajstić information content (AvgIpc) is 3.21. The van der Waals surface area contributed by atoms with E-state index in [0.717, 1.165) is 77.7 Å². The molecule has 0 spiro atoms. The topological polar surface area (TPSA) is 45.7 Å². The molecule has 0 saturated carbocycles. The minimum absolute atomic E-state index is 0.0398. The molecule has 1 aliphatic heterocycles. The summed E-state index contributed by atoms with van der Waals surface area (Å²) in [5, 5.41) is 0.788. The summed E-state index contributed by atoms with van der Waals surface area (Å²) in [7, 11) is 0. The highest BCUT2D eigenvalue weighted by Crippen LogP contribution is 2.31. The molecule has 4 rings (SSSR count). The number of amides is 1. The minimum Gasteiger partial charge on any atom is -0.379 e. The van der Waals surface area contributed by atoms with Crippen molar-refractivity contribution in [3.8, 4) is 0 Å². The highest BCUT2D eigenvalue weighted by atomic mass is 32.1. The fraction of sp³-hybridized carbons (Fsp3) is 0.440. The lowest BCUT2D eigenvalue weighted by Gasteiger charge is -2.28. The van der Waals surface area contributed by atoms with Gasteiger partial charge < -0.3 is 4.74 Å². The number of nitrogens with zero attached hydrogens (tertiary/aromatic N) is 3. The second kappa shape index (κ2) is 9.90. The number of rotatable bonds is 7. The van der Waals surface area contributed by atoms with Gasteiger partial charge in [0, 0.05) is 31.7 Å². The van der Waals surface area contributed by atoms with E-state index in [2.05, 4.69) is 36.1 Å². The predicted molar refractivity (Wildman–Crippen MR) is 128 cm³/mol. The Kier molecular flexibility index (Phi) is 7.00. The number of morpholine rings is 1. The standard InChI is InChI=1S/C25H31N3O2S/c1-4-20-8-9-22-23(17-20)31-25(26-22)28(11-5-10-27-12-14-30-15-13-27)24(29)21-16-18(2)6-7-19(21)3/h6-9,16-17H,4-5,10-15H2,1-3H3. The minimum atomic E-state index is 0.0398. The van der Waals surface area contributed by atoms with E-state index in [9.17, 15) is 4.79 Å². The van der Waals surface area contributed by atoms with Gasteiger partial charge in [-0.3, -0.25) is 14.6 Å². The van der Waals surface area contributed by atoms with E-state index in [1.165, 1.54) is 5.56 Å². The zero-order chi connectivity index (χ0) is 21.8. The lowest BCUT2D eigenvalue weighted by Crippen LogP contribution is -2.39. The fourth-order valence-electron chi connectivity index (χ4n) is 3.97. The summed E-state index contributed by atoms with van der Waals surface area (Å²) in [5.74, 6) is 0.0398. The van der Waals surface area contributed by atoms with Crippen LogP contribution in [-0.2, 0) is 11.2 Å². The van der Waals surface area contributed by atoms with Crippen LogP contribution in [0, 0.1) is 13.8 Å². The van der Waals surface area contributed by atoms with Crippen LogP contribution >= 0.6 is 11.3 Å². The van der Waals surface area contributed by atoms with Crippen molar-refractivity contribution < 1.29 is 9.53 Å². The summed E-state index contributed by atoms with van der Waals surface area (Å²) in [4.78, 5) is 22.8. The maximum atomic E-state index is 13.7. The van der Waals surface area contributed by atoms with Crippen molar-refractivity contribution in [2.75, 3.05) is 44.3 Å². The molecular formula is C25H31N3O2S. The van der Waals surface area contributed by atoms with Crippen molar-refractivity contribution in [2.45, 2.75) is 33.6 Å². The van der Waals surface area contributed by atoms with E-state index in [0.29, 0.717) is 6.54 Å². The molecule has 2 aromatic carbocycles. The molecule has 1 aliphatic rings. The van der Waals surface area contributed by atoms with Gasteiger partial charge in [-0.25, -0.2) is 4.98 Å². The number of carbonyl (C=O) groups excluding carboxylic acids is 1. The van der Waals surface area contributed by atoms with Crippen LogP contribution in [0.25, 0.3) is 10.2 Å². The molecule has 0 bridgehead atoms. The average molecular weight is 438 g/mol. The summed E-state index contributed by atoms with van der Waals surface area (Å²) >= 11 is 1.61. The van der Waals surface area contributed by atoms with Crippen LogP contribution in [0.1, 0.15) is 40.4 Å². The van der Waals surface area contributed by atoms with E-state index in [1.54, 1.807) is 11.3 Å². The molecule has 0 atom stereocenters. The molecule has 1 aromatic heterocycles. The van der Waals surface area contributed by atoms with Crippen LogP contribution in [0.4, 0.5) is 5.13 Å². The summed E-state index contributed by atoms with van der Waals surface area (Å²) < 4.78 is 6.59. The summed E-state index contributed by atoms with van der Waals surface area (Å²) in [6, 6.07) is 12.5. The molecule has 1 saturated heterocycles. The monoisotopic (exact) mass is 437 g/mol. The van der Waals surface area contributed by atoms with Crippen molar-refractivity contribution in [2.24, 2.45) is 0 Å². The highest BCUT2D eigenvalue weighted by molar-refractivity contribution is 7.22. The zero-order valence-electron chi connectivity index (χ0n) is 18.7. The number of hydrogen-bond acceptors (Lipinski definition) is 5. The number of thiazole rings is 1. The van der Waals surface area contributed by atoms with Gasteiger partial charge in [-0.15, -0.1) is 0 Å². The molecule has 0 N–H and O–H groups in total. The summed E-state index contributed by atoms with van der Waals surface area (Å²) in [6.07, 6.45) is 1.90. The van der Waals surface area contributed by atoms with E-state index < -0.39 is 0 Å². The molecule has 31 heavy (non-hydrogen) atoms. The first-order chi connectivity index (χ1) is 15.0. The smallest absolute Gasteiger partial charge is 0.260 e. The Morgan fingerprint density at radius 1 is 1.16 bits per heavy atom. The third-order valence-electron chi connectivity index (χ3n) is 5.91. The maximum absolute atomic E-state index is 13.7. The van der Waals surface area contributed by atoms with Crippen LogP contribution in [-0.4, -0.2) is 55.2 Å². The van der Waals surface area contributed by atoms with Gasteiger partial charge in [0.2, 0.25) is 0 Å². The molecule has 0 unspecified atom stereocenters. The number of carbonyl (C=O) groups is 1. The van der Waals surface area contributed by atoms with Gasteiger partial charge in [0.1, 0.15) is 0 Å². The van der Waals surface area contributed by atoms with Gasteiger partial charge in [-0.2, -0.15) is 0 Å². The van der Waals surface area contributed by atoms with Crippen molar-refractivity contribution >= 4 is 32.6 Å². The third-order valence-corrected chi connectivity index (χ3v) is 6.95. The Morgan fingerprint density at radius 2 is 1.97 bits per heavy atom. The Bertz CT molecular complexity index is 1060. The van der Waals surface area contributed by atoms with Crippen molar-refractivity contribution in [3.63, 3.8) is 0 Å². The number of fused-ring (bicyclic) bond motifs is 1. The molecule has 1 amide bonds. The van der Waals surface area contributed by atoms with Gasteiger partial charge in [0.05, 0.1) is 23.4 Å². The Labute approximate surface area is 188 Å². The molecule has 3 aromatic rings. The molecule has 5 nitrogen and oxygen atoms in total. The number of ether oxygens (including phenoxy) is 1. The number of aromatic nitrogens is 1. The molecule has 0 aliphatic carbocycles. The zero-order valence-corrected chi connectivity index (χ0v) is 19.5. The number of anilines is 1. The van der Waals surface area contributed by atoms with Gasteiger partial charge in [0.15, 0.2) is 5.13 Å². The van der Waals surface area contributed by atoms with E-state index in [1.807, 2.05) is 30.9 Å². The Hall–Kier alpha value is -2.28. The van der Waals surface area contributed by atoms with Crippen LogP contribution in [0.15, 0.2) is 36.4 Å². The van der Waals surface area contributed by atoms with E-state index >= 15 is 0 Å². The van der Waals surface area contributed by atoms with Crippen LogP contribution in [0.5, 0.6) is 0 Å². The van der Waals surface area contributed by atoms with Crippen molar-refractivity contribution in [1.82, 2.24) is 9.88 Å².